The largest absolute Gasteiger partial charge is 0.299 e. The summed E-state index contributed by atoms with van der Waals surface area (Å²) in [5.41, 5.74) is 5.99. The fourth-order valence-electron chi connectivity index (χ4n) is 8.42. The first kappa shape index (κ1) is 21.4. The van der Waals surface area contributed by atoms with Crippen molar-refractivity contribution in [3.8, 4) is 0 Å². The van der Waals surface area contributed by atoms with Crippen LogP contribution in [-0.4, -0.2) is 5.78 Å². The molecule has 1 unspecified atom stereocenters. The summed E-state index contributed by atoms with van der Waals surface area (Å²) in [6.07, 6.45) is 15.1. The second-order valence-electron chi connectivity index (χ2n) is 12.0. The van der Waals surface area contributed by atoms with Crippen LogP contribution in [0.3, 0.4) is 0 Å². The van der Waals surface area contributed by atoms with Crippen LogP contribution in [0.15, 0.2) is 22.8 Å². The predicted octanol–water partition coefficient (Wildman–Crippen LogP) is 7.91. The van der Waals surface area contributed by atoms with Crippen molar-refractivity contribution in [1.82, 2.24) is 0 Å². The lowest BCUT2D eigenvalue weighted by molar-refractivity contribution is -0.129. The minimum absolute atomic E-state index is 0.267. The van der Waals surface area contributed by atoms with Gasteiger partial charge >= 0.3 is 0 Å². The third-order valence-corrected chi connectivity index (χ3v) is 10.1. The van der Waals surface area contributed by atoms with Crippen LogP contribution in [0.1, 0.15) is 106 Å². The number of Topliss-reactive ketones (excluding diaryl/α,β-unsaturated/α-hetero) is 1. The van der Waals surface area contributed by atoms with Crippen LogP contribution in [0.2, 0.25) is 0 Å². The summed E-state index contributed by atoms with van der Waals surface area (Å²) in [4.78, 5) is 12.4. The number of fused-ring (bicyclic) bond motifs is 4. The molecule has 4 aliphatic carbocycles. The quantitative estimate of drug-likeness (QED) is 0.441. The third-order valence-electron chi connectivity index (χ3n) is 10.1. The van der Waals surface area contributed by atoms with Gasteiger partial charge in [0.15, 0.2) is 0 Å². The number of hydrogen-bond donors (Lipinski definition) is 0. The highest BCUT2D eigenvalue weighted by Gasteiger charge is 2.56. The highest BCUT2D eigenvalue weighted by molar-refractivity contribution is 5.82. The SMILES string of the molecule is CC(C)=CCC[C@@H](C)[C@H]1CC[C@H]2C3=C(CC[C@]12C)[C@@]1(C)CC(C)C(=O)C[C@@H]1CC3. The maximum absolute atomic E-state index is 12.4. The first-order valence-corrected chi connectivity index (χ1v) is 12.5. The standard InChI is InChI=1S/C28H44O/c1-18(2)8-7-9-19(3)23-12-13-24-22-11-10-21-16-26(29)20(4)17-28(21,6)25(22)14-15-27(23,24)5/h8,19-21,23-24H,7,9-17H2,1-6H3/t19-,20?,21+,23-,24+,27-,28+/m1/s1. The Kier molecular flexibility index (Phi) is 5.67. The molecule has 0 spiro atoms. The third kappa shape index (κ3) is 3.49. The van der Waals surface area contributed by atoms with Gasteiger partial charge in [0, 0.05) is 12.3 Å². The molecule has 0 aromatic heterocycles. The zero-order valence-corrected chi connectivity index (χ0v) is 19.9. The van der Waals surface area contributed by atoms with E-state index in [0.717, 1.165) is 30.6 Å². The average Bonchev–Trinajstić information content (AvgIpc) is 3.00. The predicted molar refractivity (Wildman–Crippen MR) is 123 cm³/mol. The van der Waals surface area contributed by atoms with E-state index in [0.29, 0.717) is 22.5 Å². The van der Waals surface area contributed by atoms with E-state index in [2.05, 4.69) is 47.6 Å². The summed E-state index contributed by atoms with van der Waals surface area (Å²) >= 11 is 0. The molecule has 0 bridgehead atoms. The van der Waals surface area contributed by atoms with Crippen molar-refractivity contribution in [2.45, 2.75) is 106 Å². The van der Waals surface area contributed by atoms with Crippen LogP contribution in [0.5, 0.6) is 0 Å². The van der Waals surface area contributed by atoms with E-state index in [1.165, 1.54) is 56.9 Å². The Hall–Kier alpha value is -0.850. The van der Waals surface area contributed by atoms with Gasteiger partial charge in [-0.25, -0.2) is 0 Å². The van der Waals surface area contributed by atoms with E-state index >= 15 is 0 Å². The lowest BCUT2D eigenvalue weighted by Crippen LogP contribution is -2.46. The van der Waals surface area contributed by atoms with Crippen molar-refractivity contribution >= 4 is 5.78 Å². The summed E-state index contributed by atoms with van der Waals surface area (Å²) in [7, 11) is 0. The van der Waals surface area contributed by atoms with Gasteiger partial charge in [-0.1, -0.05) is 50.5 Å². The fraction of sp³-hybridized carbons (Fsp3) is 0.821. The molecule has 0 saturated heterocycles. The van der Waals surface area contributed by atoms with E-state index in [4.69, 9.17) is 0 Å². The molecule has 162 valence electrons. The Morgan fingerprint density at radius 2 is 1.93 bits per heavy atom. The van der Waals surface area contributed by atoms with Crippen LogP contribution in [0, 0.1) is 40.4 Å². The van der Waals surface area contributed by atoms with Crippen LogP contribution < -0.4 is 0 Å². The fourth-order valence-corrected chi connectivity index (χ4v) is 8.42. The highest BCUT2D eigenvalue weighted by Crippen LogP contribution is 2.66. The van der Waals surface area contributed by atoms with Crippen molar-refractivity contribution in [2.24, 2.45) is 40.4 Å². The summed E-state index contributed by atoms with van der Waals surface area (Å²) in [5.74, 6) is 3.97. The van der Waals surface area contributed by atoms with Crippen molar-refractivity contribution in [3.05, 3.63) is 22.8 Å². The molecule has 7 atom stereocenters. The van der Waals surface area contributed by atoms with Gasteiger partial charge in [-0.3, -0.25) is 4.79 Å². The Balaban J connectivity index is 1.57. The number of carbonyl (C=O) groups excluding carboxylic acids is 1. The van der Waals surface area contributed by atoms with Gasteiger partial charge in [-0.15, -0.1) is 0 Å². The van der Waals surface area contributed by atoms with Gasteiger partial charge < -0.3 is 0 Å². The second kappa shape index (κ2) is 7.69. The molecule has 0 radical (unpaired) electrons. The number of allylic oxidation sites excluding steroid dienone is 4. The summed E-state index contributed by atoms with van der Waals surface area (Å²) < 4.78 is 0. The lowest BCUT2D eigenvalue weighted by Gasteiger charge is -2.55. The second-order valence-corrected chi connectivity index (χ2v) is 12.0. The van der Waals surface area contributed by atoms with Gasteiger partial charge in [-0.05, 0) is 106 Å². The van der Waals surface area contributed by atoms with Gasteiger partial charge in [0.25, 0.3) is 0 Å². The molecule has 2 saturated carbocycles. The zero-order chi connectivity index (χ0) is 21.0. The van der Waals surface area contributed by atoms with Gasteiger partial charge in [0.2, 0.25) is 0 Å². The number of carbonyl (C=O) groups is 1. The van der Waals surface area contributed by atoms with Crippen LogP contribution >= 0.6 is 0 Å². The number of rotatable bonds is 4. The van der Waals surface area contributed by atoms with Crippen molar-refractivity contribution in [2.75, 3.05) is 0 Å². The van der Waals surface area contributed by atoms with Crippen LogP contribution in [-0.2, 0) is 4.79 Å². The van der Waals surface area contributed by atoms with Crippen molar-refractivity contribution < 1.29 is 4.79 Å². The molecule has 4 rings (SSSR count). The molecule has 0 N–H and O–H groups in total. The molecule has 0 aromatic rings. The first-order chi connectivity index (χ1) is 13.7. The van der Waals surface area contributed by atoms with Gasteiger partial charge in [0.05, 0.1) is 0 Å². The molecule has 4 aliphatic rings. The molecule has 29 heavy (non-hydrogen) atoms. The van der Waals surface area contributed by atoms with Crippen molar-refractivity contribution in [3.63, 3.8) is 0 Å². The monoisotopic (exact) mass is 396 g/mol. The van der Waals surface area contributed by atoms with Gasteiger partial charge in [0.1, 0.15) is 5.78 Å². The van der Waals surface area contributed by atoms with E-state index in [1.807, 2.05) is 11.1 Å². The summed E-state index contributed by atoms with van der Waals surface area (Å²) in [5, 5.41) is 0. The minimum atomic E-state index is 0.267. The Labute approximate surface area is 179 Å². The van der Waals surface area contributed by atoms with E-state index in [1.54, 1.807) is 0 Å². The molecule has 1 heteroatoms. The van der Waals surface area contributed by atoms with E-state index < -0.39 is 0 Å². The number of ketones is 1. The molecule has 1 nitrogen and oxygen atoms in total. The first-order valence-electron chi connectivity index (χ1n) is 12.5. The maximum atomic E-state index is 12.4. The van der Waals surface area contributed by atoms with Crippen LogP contribution in [0.4, 0.5) is 0 Å². The van der Waals surface area contributed by atoms with Gasteiger partial charge in [-0.2, -0.15) is 0 Å². The lowest BCUT2D eigenvalue weighted by atomic mass is 9.49. The highest BCUT2D eigenvalue weighted by atomic mass is 16.1. The maximum Gasteiger partial charge on any atom is 0.136 e. The topological polar surface area (TPSA) is 17.1 Å². The molecule has 0 amide bonds. The molecule has 0 aliphatic heterocycles. The average molecular weight is 397 g/mol. The molecule has 0 heterocycles. The number of hydrogen-bond acceptors (Lipinski definition) is 1. The Morgan fingerprint density at radius 3 is 2.66 bits per heavy atom. The smallest absolute Gasteiger partial charge is 0.136 e. The zero-order valence-electron chi connectivity index (χ0n) is 19.9. The Morgan fingerprint density at radius 1 is 1.17 bits per heavy atom. The minimum Gasteiger partial charge on any atom is -0.299 e. The normalized spacial score (nSPS) is 42.8. The molecular weight excluding hydrogens is 352 g/mol. The van der Waals surface area contributed by atoms with E-state index in [-0.39, 0.29) is 5.92 Å². The molecular formula is C28H44O. The summed E-state index contributed by atoms with van der Waals surface area (Å²) in [6.45, 7) is 14.4. The van der Waals surface area contributed by atoms with Crippen LogP contribution in [0.25, 0.3) is 0 Å². The summed E-state index contributed by atoms with van der Waals surface area (Å²) in [6, 6.07) is 0. The molecule has 0 aromatic carbocycles. The Bertz CT molecular complexity index is 723. The van der Waals surface area contributed by atoms with Crippen molar-refractivity contribution in [1.29, 1.82) is 0 Å². The molecule has 2 fully saturated rings. The van der Waals surface area contributed by atoms with E-state index in [9.17, 15) is 4.79 Å².